The van der Waals surface area contributed by atoms with Crippen LogP contribution < -0.4 is 0 Å². The van der Waals surface area contributed by atoms with Gasteiger partial charge in [0.15, 0.2) is 0 Å². The maximum atomic E-state index is 12.4. The zero-order valence-electron chi connectivity index (χ0n) is 13.6. The van der Waals surface area contributed by atoms with Crippen molar-refractivity contribution in [2.45, 2.75) is 44.5 Å². The van der Waals surface area contributed by atoms with Crippen LogP contribution in [0, 0.1) is 0 Å². The minimum atomic E-state index is -0.0333. The molecule has 22 heavy (non-hydrogen) atoms. The van der Waals surface area contributed by atoms with Gasteiger partial charge in [-0.05, 0) is 24.6 Å². The van der Waals surface area contributed by atoms with Gasteiger partial charge in [-0.3, -0.25) is 4.79 Å². The average molecular weight is 342 g/mol. The Bertz CT molecular complexity index is 512. The van der Waals surface area contributed by atoms with Gasteiger partial charge in [0, 0.05) is 21.6 Å². The molecule has 1 aliphatic rings. The highest BCUT2D eigenvalue weighted by Gasteiger charge is 2.33. The minimum Gasteiger partial charge on any atom is -0.369 e. The number of ether oxygens (including phenoxy) is 1. The molecule has 0 spiro atoms. The molecule has 1 aromatic rings. The number of carbonyl (C=O) groups is 1. The van der Waals surface area contributed by atoms with Crippen molar-refractivity contribution < 1.29 is 9.53 Å². The number of thioether (sulfide) groups is 1. The normalized spacial score (nSPS) is 21.0. The third-order valence-electron chi connectivity index (χ3n) is 3.61. The highest BCUT2D eigenvalue weighted by atomic mass is 35.5. The number of halogens is 1. The Hall–Kier alpha value is -0.710. The van der Waals surface area contributed by atoms with Crippen molar-refractivity contribution >= 4 is 29.3 Å². The first-order chi connectivity index (χ1) is 10.3. The van der Waals surface area contributed by atoms with Gasteiger partial charge in [0.2, 0.25) is 5.91 Å². The molecule has 5 heteroatoms. The van der Waals surface area contributed by atoms with Gasteiger partial charge >= 0.3 is 0 Å². The summed E-state index contributed by atoms with van der Waals surface area (Å²) in [7, 11) is 0. The standard InChI is InChI=1S/C17H24ClNO2S/c1-12(11-22-17(2,3)4)19-15(9-21-10-16(19)20)13-5-7-14(18)8-6-13/h5-8,12,15H,9-11H2,1-4H3. The van der Waals surface area contributed by atoms with Crippen molar-refractivity contribution in [2.24, 2.45) is 0 Å². The summed E-state index contributed by atoms with van der Waals surface area (Å²) in [6.07, 6.45) is 0. The van der Waals surface area contributed by atoms with Gasteiger partial charge in [-0.25, -0.2) is 0 Å². The average Bonchev–Trinajstić information content (AvgIpc) is 2.44. The van der Waals surface area contributed by atoms with Crippen molar-refractivity contribution in [3.05, 3.63) is 34.9 Å². The molecule has 1 saturated heterocycles. The van der Waals surface area contributed by atoms with E-state index in [0.29, 0.717) is 11.6 Å². The van der Waals surface area contributed by atoms with Gasteiger partial charge in [-0.1, -0.05) is 44.5 Å². The van der Waals surface area contributed by atoms with Crippen LogP contribution in [0.25, 0.3) is 0 Å². The van der Waals surface area contributed by atoms with Crippen molar-refractivity contribution in [1.82, 2.24) is 4.90 Å². The molecule has 0 aliphatic carbocycles. The Balaban J connectivity index is 2.16. The lowest BCUT2D eigenvalue weighted by atomic mass is 10.0. The zero-order valence-corrected chi connectivity index (χ0v) is 15.2. The molecule has 1 fully saturated rings. The zero-order chi connectivity index (χ0) is 16.3. The van der Waals surface area contributed by atoms with Gasteiger partial charge in [0.05, 0.1) is 12.6 Å². The molecule has 0 radical (unpaired) electrons. The summed E-state index contributed by atoms with van der Waals surface area (Å²) in [6.45, 7) is 9.42. The van der Waals surface area contributed by atoms with E-state index >= 15 is 0 Å². The second-order valence-corrected chi connectivity index (χ2v) is 8.94. The lowest BCUT2D eigenvalue weighted by molar-refractivity contribution is -0.151. The van der Waals surface area contributed by atoms with Gasteiger partial charge < -0.3 is 9.64 Å². The SMILES string of the molecule is CC(CSC(C)(C)C)N1C(=O)COCC1c1ccc(Cl)cc1. The van der Waals surface area contributed by atoms with E-state index in [-0.39, 0.29) is 29.3 Å². The highest BCUT2D eigenvalue weighted by Crippen LogP contribution is 2.31. The van der Waals surface area contributed by atoms with E-state index in [1.807, 2.05) is 40.9 Å². The number of benzene rings is 1. The van der Waals surface area contributed by atoms with Crippen LogP contribution >= 0.6 is 23.4 Å². The van der Waals surface area contributed by atoms with E-state index in [1.165, 1.54) is 0 Å². The summed E-state index contributed by atoms with van der Waals surface area (Å²) in [6, 6.07) is 7.82. The van der Waals surface area contributed by atoms with Crippen LogP contribution in [0.4, 0.5) is 0 Å². The third kappa shape index (κ3) is 4.64. The first-order valence-electron chi connectivity index (χ1n) is 7.56. The van der Waals surface area contributed by atoms with Crippen LogP contribution in [0.2, 0.25) is 5.02 Å². The fourth-order valence-electron chi connectivity index (χ4n) is 2.53. The first kappa shape index (κ1) is 17.6. The quantitative estimate of drug-likeness (QED) is 0.823. The minimum absolute atomic E-state index is 0.0333. The van der Waals surface area contributed by atoms with E-state index in [2.05, 4.69) is 27.7 Å². The Kier molecular flexibility index (Phi) is 5.81. The predicted molar refractivity (Wildman–Crippen MR) is 93.5 cm³/mol. The van der Waals surface area contributed by atoms with Crippen LogP contribution in [0.1, 0.15) is 39.3 Å². The molecule has 2 rings (SSSR count). The number of carbonyl (C=O) groups excluding carboxylic acids is 1. The molecular formula is C17H24ClNO2S. The van der Waals surface area contributed by atoms with Crippen LogP contribution in [0.15, 0.2) is 24.3 Å². The molecule has 122 valence electrons. The smallest absolute Gasteiger partial charge is 0.249 e. The van der Waals surface area contributed by atoms with E-state index < -0.39 is 0 Å². The van der Waals surface area contributed by atoms with Gasteiger partial charge in [0.1, 0.15) is 6.61 Å². The second-order valence-electron chi connectivity index (χ2n) is 6.66. The van der Waals surface area contributed by atoms with E-state index in [1.54, 1.807) is 0 Å². The topological polar surface area (TPSA) is 29.5 Å². The van der Waals surface area contributed by atoms with Crippen molar-refractivity contribution in [3.63, 3.8) is 0 Å². The molecule has 1 aromatic carbocycles. The summed E-state index contributed by atoms with van der Waals surface area (Å²) in [5.41, 5.74) is 1.07. The molecule has 2 unspecified atom stereocenters. The number of hydrogen-bond donors (Lipinski definition) is 0. The number of amides is 1. The van der Waals surface area contributed by atoms with Crippen LogP contribution in [-0.4, -0.2) is 40.6 Å². The Labute approximate surface area is 142 Å². The molecule has 0 saturated carbocycles. The molecule has 0 bridgehead atoms. The third-order valence-corrected chi connectivity index (χ3v) is 5.38. The highest BCUT2D eigenvalue weighted by molar-refractivity contribution is 8.00. The molecule has 0 N–H and O–H groups in total. The number of rotatable bonds is 4. The van der Waals surface area contributed by atoms with Crippen molar-refractivity contribution in [1.29, 1.82) is 0 Å². The van der Waals surface area contributed by atoms with Crippen LogP contribution in [0.3, 0.4) is 0 Å². The van der Waals surface area contributed by atoms with Crippen molar-refractivity contribution in [3.8, 4) is 0 Å². The van der Waals surface area contributed by atoms with Gasteiger partial charge in [-0.2, -0.15) is 11.8 Å². The molecule has 1 heterocycles. The van der Waals surface area contributed by atoms with Crippen molar-refractivity contribution in [2.75, 3.05) is 19.0 Å². The summed E-state index contributed by atoms with van der Waals surface area (Å²) in [5, 5.41) is 0.703. The van der Waals surface area contributed by atoms with E-state index in [4.69, 9.17) is 16.3 Å². The van der Waals surface area contributed by atoms with Gasteiger partial charge in [0.25, 0.3) is 0 Å². The number of nitrogens with zero attached hydrogens (tertiary/aromatic N) is 1. The Morgan fingerprint density at radius 3 is 2.59 bits per heavy atom. The monoisotopic (exact) mass is 341 g/mol. The van der Waals surface area contributed by atoms with Gasteiger partial charge in [-0.15, -0.1) is 0 Å². The number of hydrogen-bond acceptors (Lipinski definition) is 3. The fourth-order valence-corrected chi connectivity index (χ4v) is 3.56. The summed E-state index contributed by atoms with van der Waals surface area (Å²) in [5.74, 6) is 0.979. The molecule has 2 atom stereocenters. The largest absolute Gasteiger partial charge is 0.369 e. The van der Waals surface area contributed by atoms with Crippen LogP contribution in [-0.2, 0) is 9.53 Å². The maximum Gasteiger partial charge on any atom is 0.249 e. The molecule has 0 aromatic heterocycles. The lowest BCUT2D eigenvalue weighted by Gasteiger charge is -2.40. The lowest BCUT2D eigenvalue weighted by Crippen LogP contribution is -2.49. The Morgan fingerprint density at radius 1 is 1.36 bits per heavy atom. The first-order valence-corrected chi connectivity index (χ1v) is 8.92. The Morgan fingerprint density at radius 2 is 2.00 bits per heavy atom. The molecule has 3 nitrogen and oxygen atoms in total. The number of morpholine rings is 1. The molecule has 1 amide bonds. The summed E-state index contributed by atoms with van der Waals surface area (Å²) < 4.78 is 5.67. The maximum absolute atomic E-state index is 12.4. The fraction of sp³-hybridized carbons (Fsp3) is 0.588. The molecular weight excluding hydrogens is 318 g/mol. The van der Waals surface area contributed by atoms with Crippen LogP contribution in [0.5, 0.6) is 0 Å². The summed E-state index contributed by atoms with van der Waals surface area (Å²) in [4.78, 5) is 14.4. The second kappa shape index (κ2) is 7.24. The van der Waals surface area contributed by atoms with E-state index in [9.17, 15) is 4.79 Å². The predicted octanol–water partition coefficient (Wildman–Crippen LogP) is 4.16. The summed E-state index contributed by atoms with van der Waals surface area (Å²) >= 11 is 7.84. The van der Waals surface area contributed by atoms with E-state index in [0.717, 1.165) is 11.3 Å². The molecule has 1 aliphatic heterocycles.